The Morgan fingerprint density at radius 3 is 2.10 bits per heavy atom. The van der Waals surface area contributed by atoms with Gasteiger partial charge >= 0.3 is 0 Å². The lowest BCUT2D eigenvalue weighted by Gasteiger charge is -2.45. The van der Waals surface area contributed by atoms with Crippen LogP contribution < -0.4 is 0 Å². The number of rotatable bonds is 1. The highest BCUT2D eigenvalue weighted by Gasteiger charge is 2.76. The molecule has 0 aromatic heterocycles. The lowest BCUT2D eigenvalue weighted by atomic mass is 9.67. The second kappa shape index (κ2) is 3.94. The lowest BCUT2D eigenvalue weighted by molar-refractivity contribution is -0.143. The number of fused-ring (bicyclic) bond motifs is 1. The molecule has 1 nitrogen and oxygen atoms in total. The highest BCUT2D eigenvalue weighted by atomic mass is 35.5. The fourth-order valence-electron chi connectivity index (χ4n) is 2.52. The molecule has 0 radical (unpaired) electrons. The largest absolute Gasteiger partial charge is 0.290 e. The molecule has 3 aliphatic carbocycles. The van der Waals surface area contributed by atoms with Gasteiger partial charge in [0.25, 0.3) is 10.8 Å². The number of ketones is 1. The Morgan fingerprint density at radius 1 is 0.952 bits per heavy atom. The molecule has 7 heteroatoms. The second-order valence-electron chi connectivity index (χ2n) is 4.83. The quantitative estimate of drug-likeness (QED) is 0.561. The first-order valence-electron chi connectivity index (χ1n) is 5.83. The molecular formula is C14H6ClF5O. The first kappa shape index (κ1) is 14.3. The van der Waals surface area contributed by atoms with E-state index < -0.39 is 39.5 Å². The van der Waals surface area contributed by atoms with Crippen LogP contribution >= 0.6 is 11.6 Å². The monoisotopic (exact) mass is 320 g/mol. The van der Waals surface area contributed by atoms with Crippen molar-refractivity contribution >= 4 is 23.0 Å². The van der Waals surface area contributed by atoms with Crippen LogP contribution in [-0.2, 0) is 4.79 Å². The lowest BCUT2D eigenvalue weighted by Crippen LogP contribution is -2.64. The van der Waals surface area contributed by atoms with Crippen molar-refractivity contribution in [2.45, 2.75) is 16.5 Å². The van der Waals surface area contributed by atoms with Gasteiger partial charge in [0.05, 0.1) is 0 Å². The average Bonchev–Trinajstić information content (AvgIpc) is 2.47. The fourth-order valence-corrected chi connectivity index (χ4v) is 2.79. The fraction of sp³-hybridized carbons (Fsp3) is 0.214. The van der Waals surface area contributed by atoms with E-state index in [2.05, 4.69) is 0 Å². The van der Waals surface area contributed by atoms with Gasteiger partial charge in [-0.2, -0.15) is 0 Å². The average molecular weight is 321 g/mol. The molecule has 3 atom stereocenters. The van der Waals surface area contributed by atoms with Gasteiger partial charge in [0.2, 0.25) is 11.5 Å². The molecule has 4 rings (SSSR count). The molecule has 0 N–H and O–H groups in total. The van der Waals surface area contributed by atoms with E-state index in [-0.39, 0.29) is 11.6 Å². The third-order valence-electron chi connectivity index (χ3n) is 3.67. The van der Waals surface area contributed by atoms with E-state index in [9.17, 15) is 26.7 Å². The first-order chi connectivity index (χ1) is 9.67. The Balaban J connectivity index is 2.36. The van der Waals surface area contributed by atoms with Crippen molar-refractivity contribution in [3.8, 4) is 0 Å². The van der Waals surface area contributed by atoms with Crippen LogP contribution in [0.5, 0.6) is 0 Å². The standard InChI is InChI=1S/C14H6ClF5O/c15-14(20)11(21)13(19)8(7-4-2-1-3-5-7)6-12(14,18)9(16)10(13)17/h1-6H. The summed E-state index contributed by atoms with van der Waals surface area (Å²) in [6.07, 6.45) is 0.190. The van der Waals surface area contributed by atoms with Crippen LogP contribution in [0.15, 0.2) is 48.1 Å². The molecule has 3 aliphatic rings. The Hall–Kier alpha value is -1.69. The maximum atomic E-state index is 14.8. The number of carbonyl (C=O) groups excluding carboxylic acids is 1. The maximum Gasteiger partial charge on any atom is 0.289 e. The highest BCUT2D eigenvalue weighted by molar-refractivity contribution is 6.39. The summed E-state index contributed by atoms with van der Waals surface area (Å²) in [4.78, 5) is 11.8. The molecule has 0 heterocycles. The molecule has 0 amide bonds. The number of hydrogen-bond donors (Lipinski definition) is 0. The Kier molecular flexibility index (Phi) is 2.68. The molecule has 110 valence electrons. The van der Waals surface area contributed by atoms with Crippen molar-refractivity contribution in [3.63, 3.8) is 0 Å². The van der Waals surface area contributed by atoms with E-state index in [1.165, 1.54) is 30.3 Å². The summed E-state index contributed by atoms with van der Waals surface area (Å²) >= 11 is 5.05. The van der Waals surface area contributed by atoms with Gasteiger partial charge in [0.1, 0.15) is 0 Å². The van der Waals surface area contributed by atoms with Crippen LogP contribution in [0.3, 0.4) is 0 Å². The van der Waals surface area contributed by atoms with Crippen LogP contribution in [0.25, 0.3) is 5.57 Å². The number of alkyl halides is 4. The van der Waals surface area contributed by atoms with E-state index >= 15 is 0 Å². The van der Waals surface area contributed by atoms with Gasteiger partial charge in [-0.1, -0.05) is 41.9 Å². The van der Waals surface area contributed by atoms with E-state index in [0.717, 1.165) is 0 Å². The van der Waals surface area contributed by atoms with Crippen LogP contribution in [0.2, 0.25) is 0 Å². The smallest absolute Gasteiger partial charge is 0.289 e. The number of carbonyl (C=O) groups is 1. The first-order valence-corrected chi connectivity index (χ1v) is 6.20. The number of hydrogen-bond acceptors (Lipinski definition) is 1. The molecule has 0 saturated carbocycles. The summed E-state index contributed by atoms with van der Waals surface area (Å²) in [6, 6.07) is 6.88. The number of Topliss-reactive ketones (excluding diaryl/α,β-unsaturated/α-hetero) is 1. The zero-order valence-electron chi connectivity index (χ0n) is 10.1. The van der Waals surface area contributed by atoms with Crippen molar-refractivity contribution in [1.29, 1.82) is 0 Å². The number of halogens is 6. The van der Waals surface area contributed by atoms with Gasteiger partial charge in [0, 0.05) is 5.57 Å². The summed E-state index contributed by atoms with van der Waals surface area (Å²) < 4.78 is 70.8. The Labute approximate surface area is 120 Å². The van der Waals surface area contributed by atoms with Gasteiger partial charge < -0.3 is 0 Å². The molecule has 1 aromatic rings. The van der Waals surface area contributed by atoms with Gasteiger partial charge in [-0.05, 0) is 11.6 Å². The highest BCUT2D eigenvalue weighted by Crippen LogP contribution is 2.61. The van der Waals surface area contributed by atoms with Crippen LogP contribution in [0, 0.1) is 0 Å². The molecule has 21 heavy (non-hydrogen) atoms. The minimum absolute atomic E-state index is 0.0785. The SMILES string of the molecule is O=C1C2(F)C(c3ccccc3)=CC(F)(C(F)=C2F)C1(F)Cl. The van der Waals surface area contributed by atoms with E-state index in [0.29, 0.717) is 0 Å². The van der Waals surface area contributed by atoms with Crippen molar-refractivity contribution in [2.24, 2.45) is 0 Å². The zero-order valence-corrected chi connectivity index (χ0v) is 10.9. The molecule has 2 bridgehead atoms. The zero-order chi connectivity index (χ0) is 15.6. The summed E-state index contributed by atoms with van der Waals surface area (Å²) in [5.74, 6) is -6.87. The summed E-state index contributed by atoms with van der Waals surface area (Å²) in [6.45, 7) is 0. The minimum atomic E-state index is -4.04. The Bertz CT molecular complexity index is 711. The molecule has 0 fully saturated rings. The van der Waals surface area contributed by atoms with Crippen LogP contribution in [0.1, 0.15) is 5.56 Å². The number of allylic oxidation sites excluding steroid dienone is 4. The summed E-state index contributed by atoms with van der Waals surface area (Å²) in [5.41, 5.74) is -8.54. The molecule has 3 unspecified atom stereocenters. The van der Waals surface area contributed by atoms with Gasteiger partial charge in [-0.25, -0.2) is 22.0 Å². The van der Waals surface area contributed by atoms with E-state index in [1.807, 2.05) is 0 Å². The summed E-state index contributed by atoms with van der Waals surface area (Å²) in [5, 5.41) is -4.04. The van der Waals surface area contributed by atoms with Crippen molar-refractivity contribution in [2.75, 3.05) is 0 Å². The predicted octanol–water partition coefficient (Wildman–Crippen LogP) is 4.14. The van der Waals surface area contributed by atoms with E-state index in [4.69, 9.17) is 11.6 Å². The Morgan fingerprint density at radius 2 is 1.52 bits per heavy atom. The van der Waals surface area contributed by atoms with Gasteiger partial charge in [-0.15, -0.1) is 0 Å². The molecule has 1 aromatic carbocycles. The topological polar surface area (TPSA) is 17.1 Å². The van der Waals surface area contributed by atoms with Crippen LogP contribution in [0.4, 0.5) is 22.0 Å². The van der Waals surface area contributed by atoms with E-state index in [1.54, 1.807) is 0 Å². The third kappa shape index (κ3) is 1.43. The van der Waals surface area contributed by atoms with Crippen molar-refractivity contribution < 1.29 is 26.7 Å². The molecule has 0 saturated heterocycles. The normalized spacial score (nSPS) is 38.8. The molecule has 0 aliphatic heterocycles. The van der Waals surface area contributed by atoms with Crippen molar-refractivity contribution in [1.82, 2.24) is 0 Å². The minimum Gasteiger partial charge on any atom is -0.290 e. The predicted molar refractivity (Wildman–Crippen MR) is 66.0 cm³/mol. The van der Waals surface area contributed by atoms with Gasteiger partial charge in [0.15, 0.2) is 11.7 Å². The maximum absolute atomic E-state index is 14.8. The van der Waals surface area contributed by atoms with Crippen molar-refractivity contribution in [3.05, 3.63) is 53.6 Å². The van der Waals surface area contributed by atoms with Gasteiger partial charge in [-0.3, -0.25) is 4.79 Å². The number of benzene rings is 1. The second-order valence-corrected chi connectivity index (χ2v) is 5.35. The molecule has 0 spiro atoms. The summed E-state index contributed by atoms with van der Waals surface area (Å²) in [7, 11) is 0. The van der Waals surface area contributed by atoms with Crippen LogP contribution in [-0.4, -0.2) is 22.2 Å². The third-order valence-corrected chi connectivity index (χ3v) is 4.12. The molecular weight excluding hydrogens is 315 g/mol.